The highest BCUT2D eigenvalue weighted by Crippen LogP contribution is 2.32. The number of amides is 2. The number of hydrogen-bond donors (Lipinski definition) is 0. The number of ether oxygens (including phenoxy) is 2. The SMILES string of the molecule is COc1cc2c(cc1OC)CC(=O)N(CCC(=O)N1CCN(c3ccccc3)CC1)C=C2. The molecule has 0 bridgehead atoms. The van der Waals surface area contributed by atoms with E-state index in [-0.39, 0.29) is 18.2 Å². The predicted octanol–water partition coefficient (Wildman–Crippen LogP) is 2.80. The molecule has 0 unspecified atom stereocenters. The minimum Gasteiger partial charge on any atom is -0.493 e. The van der Waals surface area contributed by atoms with Crippen molar-refractivity contribution in [2.45, 2.75) is 12.8 Å². The van der Waals surface area contributed by atoms with E-state index in [0.29, 0.717) is 37.6 Å². The molecule has 2 aromatic rings. The third kappa shape index (κ3) is 4.72. The number of rotatable bonds is 6. The summed E-state index contributed by atoms with van der Waals surface area (Å²) in [7, 11) is 3.17. The molecule has 1 saturated heterocycles. The number of benzene rings is 2. The van der Waals surface area contributed by atoms with Crippen LogP contribution in [0.25, 0.3) is 6.08 Å². The molecule has 4 rings (SSSR count). The van der Waals surface area contributed by atoms with Crippen LogP contribution in [0.5, 0.6) is 11.5 Å². The second kappa shape index (κ2) is 9.77. The van der Waals surface area contributed by atoms with Gasteiger partial charge in [-0.1, -0.05) is 18.2 Å². The summed E-state index contributed by atoms with van der Waals surface area (Å²) in [4.78, 5) is 31.4. The zero-order chi connectivity index (χ0) is 22.5. The maximum Gasteiger partial charge on any atom is 0.230 e. The van der Waals surface area contributed by atoms with Crippen molar-refractivity contribution >= 4 is 23.6 Å². The van der Waals surface area contributed by atoms with E-state index in [1.165, 1.54) is 5.69 Å². The Labute approximate surface area is 188 Å². The van der Waals surface area contributed by atoms with Crippen LogP contribution in [0.2, 0.25) is 0 Å². The first-order valence-electron chi connectivity index (χ1n) is 10.9. The minimum atomic E-state index is -0.0334. The van der Waals surface area contributed by atoms with Gasteiger partial charge >= 0.3 is 0 Å². The Morgan fingerprint density at radius 3 is 2.34 bits per heavy atom. The number of carbonyl (C=O) groups is 2. The van der Waals surface area contributed by atoms with E-state index in [4.69, 9.17) is 9.47 Å². The Morgan fingerprint density at radius 1 is 0.969 bits per heavy atom. The Kier molecular flexibility index (Phi) is 6.63. The Balaban J connectivity index is 1.33. The first-order valence-corrected chi connectivity index (χ1v) is 10.9. The molecule has 168 valence electrons. The van der Waals surface area contributed by atoms with Crippen molar-refractivity contribution in [2.24, 2.45) is 0 Å². The van der Waals surface area contributed by atoms with Gasteiger partial charge in [0, 0.05) is 51.0 Å². The summed E-state index contributed by atoms with van der Waals surface area (Å²) in [5, 5.41) is 0. The highest BCUT2D eigenvalue weighted by Gasteiger charge is 2.24. The number of fused-ring (bicyclic) bond motifs is 1. The van der Waals surface area contributed by atoms with Gasteiger partial charge < -0.3 is 24.2 Å². The molecular weight excluding hydrogens is 406 g/mol. The van der Waals surface area contributed by atoms with Crippen molar-refractivity contribution in [2.75, 3.05) is 51.8 Å². The maximum atomic E-state index is 12.8. The van der Waals surface area contributed by atoms with Crippen LogP contribution >= 0.6 is 0 Å². The van der Waals surface area contributed by atoms with Crippen LogP contribution in [0.1, 0.15) is 17.5 Å². The predicted molar refractivity (Wildman–Crippen MR) is 124 cm³/mol. The molecule has 7 heteroatoms. The van der Waals surface area contributed by atoms with Gasteiger partial charge in [-0.2, -0.15) is 0 Å². The molecule has 0 aliphatic carbocycles. The highest BCUT2D eigenvalue weighted by molar-refractivity contribution is 5.85. The molecule has 7 nitrogen and oxygen atoms in total. The lowest BCUT2D eigenvalue weighted by molar-refractivity contribution is -0.133. The molecule has 0 radical (unpaired) electrons. The molecule has 2 amide bonds. The summed E-state index contributed by atoms with van der Waals surface area (Å²) in [5.74, 6) is 1.28. The molecule has 0 aromatic heterocycles. The van der Waals surface area contributed by atoms with Gasteiger partial charge in [0.2, 0.25) is 11.8 Å². The first kappa shape index (κ1) is 21.7. The summed E-state index contributed by atoms with van der Waals surface area (Å²) in [6.07, 6.45) is 4.23. The van der Waals surface area contributed by atoms with E-state index in [1.807, 2.05) is 41.3 Å². The fraction of sp³-hybridized carbons (Fsp3) is 0.360. The molecule has 0 atom stereocenters. The average molecular weight is 436 g/mol. The fourth-order valence-electron chi connectivity index (χ4n) is 4.19. The van der Waals surface area contributed by atoms with Crippen LogP contribution in [0.3, 0.4) is 0 Å². The molecule has 0 saturated carbocycles. The topological polar surface area (TPSA) is 62.3 Å². The van der Waals surface area contributed by atoms with Crippen molar-refractivity contribution in [3.05, 3.63) is 59.8 Å². The number of hydrogen-bond acceptors (Lipinski definition) is 5. The molecule has 32 heavy (non-hydrogen) atoms. The normalized spacial score (nSPS) is 15.9. The Bertz CT molecular complexity index is 998. The maximum absolute atomic E-state index is 12.8. The smallest absolute Gasteiger partial charge is 0.230 e. The second-order valence-corrected chi connectivity index (χ2v) is 7.94. The minimum absolute atomic E-state index is 0.0334. The monoisotopic (exact) mass is 435 g/mol. The Hall–Kier alpha value is -3.48. The molecule has 0 N–H and O–H groups in total. The molecule has 0 spiro atoms. The number of piperazine rings is 1. The summed E-state index contributed by atoms with van der Waals surface area (Å²) < 4.78 is 10.7. The quantitative estimate of drug-likeness (QED) is 0.698. The molecular formula is C25H29N3O4. The van der Waals surface area contributed by atoms with E-state index in [2.05, 4.69) is 17.0 Å². The van der Waals surface area contributed by atoms with Gasteiger partial charge in [0.05, 0.1) is 20.6 Å². The third-order valence-corrected chi connectivity index (χ3v) is 6.06. The zero-order valence-electron chi connectivity index (χ0n) is 18.6. The molecule has 2 heterocycles. The summed E-state index contributed by atoms with van der Waals surface area (Å²) in [6, 6.07) is 14.0. The molecule has 2 aliphatic heterocycles. The van der Waals surface area contributed by atoms with E-state index >= 15 is 0 Å². The van der Waals surface area contributed by atoms with Gasteiger partial charge in [0.15, 0.2) is 11.5 Å². The lowest BCUT2D eigenvalue weighted by Gasteiger charge is -2.36. The fourth-order valence-corrected chi connectivity index (χ4v) is 4.19. The van der Waals surface area contributed by atoms with Crippen LogP contribution in [0.15, 0.2) is 48.7 Å². The van der Waals surface area contributed by atoms with Crippen LogP contribution in [0, 0.1) is 0 Å². The lowest BCUT2D eigenvalue weighted by atomic mass is 10.0. The highest BCUT2D eigenvalue weighted by atomic mass is 16.5. The van der Waals surface area contributed by atoms with E-state index < -0.39 is 0 Å². The molecule has 1 fully saturated rings. The van der Waals surface area contributed by atoms with Crippen molar-refractivity contribution in [3.63, 3.8) is 0 Å². The standard InChI is InChI=1S/C25H29N3O4/c1-31-22-16-19-8-10-27(25(30)18-20(19)17-23(22)32-2)11-9-24(29)28-14-12-26(13-15-28)21-6-4-3-5-7-21/h3-8,10,16-17H,9,11-15,18H2,1-2H3. The largest absolute Gasteiger partial charge is 0.493 e. The summed E-state index contributed by atoms with van der Waals surface area (Å²) in [6.45, 7) is 3.40. The van der Waals surface area contributed by atoms with E-state index in [1.54, 1.807) is 25.3 Å². The second-order valence-electron chi connectivity index (χ2n) is 7.94. The van der Waals surface area contributed by atoms with Gasteiger partial charge in [-0.05, 0) is 41.5 Å². The number of para-hydroxylation sites is 1. The zero-order valence-corrected chi connectivity index (χ0v) is 18.6. The molecule has 2 aromatic carbocycles. The van der Waals surface area contributed by atoms with Crippen LogP contribution < -0.4 is 14.4 Å². The van der Waals surface area contributed by atoms with Gasteiger partial charge in [-0.3, -0.25) is 9.59 Å². The lowest BCUT2D eigenvalue weighted by Crippen LogP contribution is -2.49. The van der Waals surface area contributed by atoms with Crippen molar-refractivity contribution in [3.8, 4) is 11.5 Å². The Morgan fingerprint density at radius 2 is 1.66 bits per heavy atom. The summed E-state index contributed by atoms with van der Waals surface area (Å²) in [5.41, 5.74) is 2.99. The number of nitrogens with zero attached hydrogens (tertiary/aromatic N) is 3. The third-order valence-electron chi connectivity index (χ3n) is 6.06. The number of carbonyl (C=O) groups excluding carboxylic acids is 2. The van der Waals surface area contributed by atoms with E-state index in [9.17, 15) is 9.59 Å². The number of methoxy groups -OCH3 is 2. The summed E-state index contributed by atoms with van der Waals surface area (Å²) >= 11 is 0. The van der Waals surface area contributed by atoms with Gasteiger partial charge in [0.1, 0.15) is 0 Å². The van der Waals surface area contributed by atoms with Gasteiger partial charge in [0.25, 0.3) is 0 Å². The average Bonchev–Trinajstić information content (AvgIpc) is 2.99. The van der Waals surface area contributed by atoms with Gasteiger partial charge in [-0.15, -0.1) is 0 Å². The van der Waals surface area contributed by atoms with Crippen LogP contribution in [-0.2, 0) is 16.0 Å². The van der Waals surface area contributed by atoms with Crippen LogP contribution in [-0.4, -0.2) is 68.6 Å². The number of anilines is 1. The van der Waals surface area contributed by atoms with Crippen LogP contribution in [0.4, 0.5) is 5.69 Å². The van der Waals surface area contributed by atoms with E-state index in [0.717, 1.165) is 24.2 Å². The van der Waals surface area contributed by atoms with Gasteiger partial charge in [-0.25, -0.2) is 0 Å². The van der Waals surface area contributed by atoms with Crippen molar-refractivity contribution < 1.29 is 19.1 Å². The van der Waals surface area contributed by atoms with Crippen molar-refractivity contribution in [1.29, 1.82) is 0 Å². The first-order chi connectivity index (χ1) is 15.6. The van der Waals surface area contributed by atoms with Crippen molar-refractivity contribution in [1.82, 2.24) is 9.80 Å². The molecule has 2 aliphatic rings.